The molecule has 3 heteroatoms. The van der Waals surface area contributed by atoms with Crippen molar-refractivity contribution in [2.75, 3.05) is 4.90 Å². The number of fused-ring (bicyclic) bond motifs is 7. The third-order valence-electron chi connectivity index (χ3n) is 12.2. The maximum Gasteiger partial charge on any atom is 0.0562 e. The number of para-hydroxylation sites is 4. The van der Waals surface area contributed by atoms with E-state index in [1.54, 1.807) is 0 Å². The molecule has 0 aliphatic rings. The highest BCUT2D eigenvalue weighted by Gasteiger charge is 2.26. The molecule has 0 bridgehead atoms. The van der Waals surface area contributed by atoms with Crippen molar-refractivity contribution >= 4 is 81.1 Å². The quantitative estimate of drug-likeness (QED) is 0.156. The summed E-state index contributed by atoms with van der Waals surface area (Å²) in [4.78, 5) is 2.52. The Morgan fingerprint density at radius 1 is 0.328 bits per heavy atom. The molecule has 0 radical (unpaired) electrons. The molecule has 0 unspecified atom stereocenters. The van der Waals surface area contributed by atoms with Crippen LogP contribution in [0.15, 0.2) is 231 Å². The second-order valence-electron chi connectivity index (χ2n) is 15.6. The summed E-state index contributed by atoms with van der Waals surface area (Å²) in [5.41, 5.74) is 14.0. The smallest absolute Gasteiger partial charge is 0.0562 e. The van der Waals surface area contributed by atoms with Gasteiger partial charge in [0.15, 0.2) is 0 Å². The number of aromatic nitrogens is 1. The van der Waals surface area contributed by atoms with E-state index < -0.39 is 0 Å². The zero-order chi connectivity index (χ0) is 40.3. The minimum Gasteiger partial charge on any atom is -0.309 e. The van der Waals surface area contributed by atoms with Gasteiger partial charge in [-0.25, -0.2) is 0 Å². The summed E-state index contributed by atoms with van der Waals surface area (Å²) in [7, 11) is 0. The summed E-state index contributed by atoms with van der Waals surface area (Å²) in [6, 6.07) is 84.2. The summed E-state index contributed by atoms with van der Waals surface area (Å²) in [5.74, 6) is 0. The molecule has 0 fully saturated rings. The molecule has 0 aliphatic heterocycles. The van der Waals surface area contributed by atoms with Gasteiger partial charge in [0.1, 0.15) is 0 Å². The second kappa shape index (κ2) is 14.5. The Kier molecular flexibility index (Phi) is 8.39. The third-order valence-corrected chi connectivity index (χ3v) is 13.4. The number of nitrogens with zero attached hydrogens (tertiary/aromatic N) is 2. The molecular weight excluding hydrogens is 757 g/mol. The number of hydrogen-bond acceptors (Lipinski definition) is 2. The van der Waals surface area contributed by atoms with Crippen LogP contribution < -0.4 is 4.90 Å². The first-order valence-electron chi connectivity index (χ1n) is 20.9. The molecule has 0 atom stereocenters. The van der Waals surface area contributed by atoms with E-state index in [-0.39, 0.29) is 0 Å². The number of hydrogen-bond donors (Lipinski definition) is 0. The van der Waals surface area contributed by atoms with Gasteiger partial charge in [-0.15, -0.1) is 11.3 Å². The Labute approximate surface area is 358 Å². The predicted molar refractivity (Wildman–Crippen MR) is 262 cm³/mol. The van der Waals surface area contributed by atoms with Crippen LogP contribution in [0.4, 0.5) is 17.1 Å². The number of benzene rings is 10. The lowest BCUT2D eigenvalue weighted by molar-refractivity contribution is 1.18. The fraction of sp³-hybridized carbons (Fsp3) is 0. The maximum atomic E-state index is 2.52. The average molecular weight is 795 g/mol. The van der Waals surface area contributed by atoms with Gasteiger partial charge in [-0.05, 0) is 64.4 Å². The number of thiophene rings is 1. The molecule has 0 N–H and O–H groups in total. The lowest BCUT2D eigenvalue weighted by Gasteiger charge is -2.31. The van der Waals surface area contributed by atoms with E-state index in [1.807, 2.05) is 11.3 Å². The molecular formula is C58H38N2S. The fourth-order valence-corrected chi connectivity index (χ4v) is 10.8. The van der Waals surface area contributed by atoms with Crippen LogP contribution >= 0.6 is 11.3 Å². The van der Waals surface area contributed by atoms with Crippen LogP contribution in [0.3, 0.4) is 0 Å². The topological polar surface area (TPSA) is 8.17 Å². The minimum atomic E-state index is 1.11. The highest BCUT2D eigenvalue weighted by molar-refractivity contribution is 7.26. The molecule has 12 aromatic rings. The van der Waals surface area contributed by atoms with Crippen LogP contribution in [0.2, 0.25) is 0 Å². The van der Waals surface area contributed by atoms with Crippen molar-refractivity contribution in [2.24, 2.45) is 0 Å². The molecule has 0 spiro atoms. The molecule has 10 aromatic carbocycles. The van der Waals surface area contributed by atoms with E-state index in [0.717, 1.165) is 28.3 Å². The number of anilines is 3. The summed E-state index contributed by atoms with van der Waals surface area (Å²) in [6.45, 7) is 0. The second-order valence-corrected chi connectivity index (χ2v) is 16.6. The Morgan fingerprint density at radius 3 is 1.74 bits per heavy atom. The van der Waals surface area contributed by atoms with Crippen LogP contribution in [-0.4, -0.2) is 4.57 Å². The molecule has 0 saturated carbocycles. The Morgan fingerprint density at radius 2 is 0.869 bits per heavy atom. The molecule has 2 nitrogen and oxygen atoms in total. The van der Waals surface area contributed by atoms with Crippen molar-refractivity contribution in [1.29, 1.82) is 0 Å². The van der Waals surface area contributed by atoms with Crippen molar-refractivity contribution in [3.05, 3.63) is 231 Å². The zero-order valence-electron chi connectivity index (χ0n) is 33.2. The summed E-state index contributed by atoms with van der Waals surface area (Å²) in [6.07, 6.45) is 0. The van der Waals surface area contributed by atoms with Crippen LogP contribution in [0.5, 0.6) is 0 Å². The fourth-order valence-electron chi connectivity index (χ4n) is 9.58. The standard InChI is InChI=1S/C58H38N2S/c1-2-19-40(20-3-1)42-24-6-11-32-50(42)59(51-33-12-7-25-44(51)43-29-16-22-39-21-4-5-23-41(39)43)54-36-18-37-55-57(54)49-28-9-14-35-53(49)60(55)52-34-13-8-26-45(52)47-30-17-31-48-46-27-10-15-38-56(46)61-58(47)48/h1-38H. The van der Waals surface area contributed by atoms with Crippen molar-refractivity contribution in [2.45, 2.75) is 0 Å². The molecule has 0 saturated heterocycles. The van der Waals surface area contributed by atoms with Crippen LogP contribution in [0.25, 0.3) is 91.8 Å². The highest BCUT2D eigenvalue weighted by Crippen LogP contribution is 2.50. The normalized spacial score (nSPS) is 11.6. The van der Waals surface area contributed by atoms with Crippen LogP contribution in [0.1, 0.15) is 0 Å². The zero-order valence-corrected chi connectivity index (χ0v) is 34.1. The first-order valence-corrected chi connectivity index (χ1v) is 21.7. The van der Waals surface area contributed by atoms with Crippen molar-refractivity contribution < 1.29 is 0 Å². The first kappa shape index (κ1) is 35.2. The van der Waals surface area contributed by atoms with Gasteiger partial charge in [0.2, 0.25) is 0 Å². The van der Waals surface area contributed by atoms with Gasteiger partial charge in [0.05, 0.1) is 33.8 Å². The maximum absolute atomic E-state index is 2.52. The highest BCUT2D eigenvalue weighted by atomic mass is 32.1. The summed E-state index contributed by atoms with van der Waals surface area (Å²) in [5, 5.41) is 7.46. The van der Waals surface area contributed by atoms with Gasteiger partial charge in [0, 0.05) is 53.2 Å². The molecule has 2 heterocycles. The first-order chi connectivity index (χ1) is 30.3. The van der Waals surface area contributed by atoms with Crippen LogP contribution in [-0.2, 0) is 0 Å². The van der Waals surface area contributed by atoms with Gasteiger partial charge in [0.25, 0.3) is 0 Å². The number of rotatable bonds is 7. The molecule has 286 valence electrons. The van der Waals surface area contributed by atoms with Gasteiger partial charge < -0.3 is 9.47 Å². The van der Waals surface area contributed by atoms with Crippen molar-refractivity contribution in [3.8, 4) is 39.1 Å². The Balaban J connectivity index is 1.16. The van der Waals surface area contributed by atoms with E-state index in [0.29, 0.717) is 0 Å². The van der Waals surface area contributed by atoms with Crippen molar-refractivity contribution in [3.63, 3.8) is 0 Å². The van der Waals surface area contributed by atoms with Gasteiger partial charge in [-0.3, -0.25) is 0 Å². The summed E-state index contributed by atoms with van der Waals surface area (Å²) < 4.78 is 5.11. The minimum absolute atomic E-state index is 1.11. The van der Waals surface area contributed by atoms with Crippen LogP contribution in [0, 0.1) is 0 Å². The lowest BCUT2D eigenvalue weighted by Crippen LogP contribution is -2.13. The Bertz CT molecular complexity index is 3610. The van der Waals surface area contributed by atoms with E-state index in [1.165, 1.54) is 80.6 Å². The van der Waals surface area contributed by atoms with E-state index in [2.05, 4.69) is 240 Å². The predicted octanol–water partition coefficient (Wildman–Crippen LogP) is 16.8. The monoisotopic (exact) mass is 794 g/mol. The molecule has 12 rings (SSSR count). The average Bonchev–Trinajstić information content (AvgIpc) is 3.89. The largest absolute Gasteiger partial charge is 0.309 e. The van der Waals surface area contributed by atoms with E-state index >= 15 is 0 Å². The summed E-state index contributed by atoms with van der Waals surface area (Å²) >= 11 is 1.88. The van der Waals surface area contributed by atoms with Gasteiger partial charge >= 0.3 is 0 Å². The van der Waals surface area contributed by atoms with Gasteiger partial charge in [-0.1, -0.05) is 188 Å². The third kappa shape index (κ3) is 5.70. The molecule has 0 aliphatic carbocycles. The van der Waals surface area contributed by atoms with E-state index in [4.69, 9.17) is 0 Å². The molecule has 61 heavy (non-hydrogen) atoms. The Hall–Kier alpha value is -7.72. The van der Waals surface area contributed by atoms with Gasteiger partial charge in [-0.2, -0.15) is 0 Å². The SMILES string of the molecule is c1ccc(-c2ccccc2N(c2ccccc2-c2cccc3ccccc23)c2cccc3c2c2ccccc2n3-c2ccccc2-c2cccc3c2sc2ccccc23)cc1. The molecule has 0 amide bonds. The lowest BCUT2D eigenvalue weighted by atomic mass is 9.95. The molecule has 2 aromatic heterocycles. The van der Waals surface area contributed by atoms with Crippen molar-refractivity contribution in [1.82, 2.24) is 4.57 Å². The van der Waals surface area contributed by atoms with E-state index in [9.17, 15) is 0 Å².